The zero-order valence-electron chi connectivity index (χ0n) is 16.6. The lowest BCUT2D eigenvalue weighted by atomic mass is 10.1. The van der Waals surface area contributed by atoms with Gasteiger partial charge in [-0.25, -0.2) is 4.98 Å². The highest BCUT2D eigenvalue weighted by Gasteiger charge is 2.16. The molecular weight excluding hydrogens is 372 g/mol. The molecule has 28 heavy (non-hydrogen) atoms. The van der Waals surface area contributed by atoms with E-state index in [2.05, 4.69) is 4.98 Å². The maximum Gasteiger partial charge on any atom is 0.273 e. The van der Waals surface area contributed by atoms with Gasteiger partial charge in [0.2, 0.25) is 0 Å². The van der Waals surface area contributed by atoms with E-state index < -0.39 is 0 Å². The fraction of sp³-hybridized carbons (Fsp3) is 0.273. The number of benzene rings is 2. The van der Waals surface area contributed by atoms with E-state index in [9.17, 15) is 4.79 Å². The number of methoxy groups -OCH3 is 2. The number of hydrogen-bond acceptors (Lipinski definition) is 5. The highest BCUT2D eigenvalue weighted by Crippen LogP contribution is 2.28. The Bertz CT molecular complexity index is 951. The van der Waals surface area contributed by atoms with Crippen LogP contribution in [0.1, 0.15) is 21.6 Å². The molecule has 5 nitrogen and oxygen atoms in total. The second-order valence-electron chi connectivity index (χ2n) is 6.57. The Kier molecular flexibility index (Phi) is 6.31. The summed E-state index contributed by atoms with van der Waals surface area (Å²) >= 11 is 1.49. The minimum Gasteiger partial charge on any atom is -0.493 e. The highest BCUT2D eigenvalue weighted by molar-refractivity contribution is 7.13. The number of hydrogen-bond donors (Lipinski definition) is 0. The molecule has 0 aliphatic carbocycles. The van der Waals surface area contributed by atoms with Crippen LogP contribution in [0.4, 0.5) is 0 Å². The summed E-state index contributed by atoms with van der Waals surface area (Å²) in [5.41, 5.74) is 3.79. The summed E-state index contributed by atoms with van der Waals surface area (Å²) in [7, 11) is 5.03. The van der Waals surface area contributed by atoms with Crippen LogP contribution in [0.15, 0.2) is 47.8 Å². The van der Waals surface area contributed by atoms with Crippen molar-refractivity contribution in [2.75, 3.05) is 27.8 Å². The van der Waals surface area contributed by atoms with E-state index in [4.69, 9.17) is 9.47 Å². The molecule has 1 amide bonds. The predicted octanol–water partition coefficient (Wildman–Crippen LogP) is 4.45. The van der Waals surface area contributed by atoms with E-state index in [-0.39, 0.29) is 5.91 Å². The van der Waals surface area contributed by atoms with Crippen LogP contribution in [0.25, 0.3) is 10.6 Å². The van der Waals surface area contributed by atoms with Gasteiger partial charge in [0.1, 0.15) is 10.7 Å². The monoisotopic (exact) mass is 396 g/mol. The third-order valence-electron chi connectivity index (χ3n) is 4.55. The van der Waals surface area contributed by atoms with Crippen molar-refractivity contribution in [2.24, 2.45) is 0 Å². The van der Waals surface area contributed by atoms with E-state index in [0.717, 1.165) is 22.6 Å². The molecule has 6 heteroatoms. The van der Waals surface area contributed by atoms with Crippen LogP contribution in [-0.2, 0) is 6.42 Å². The van der Waals surface area contributed by atoms with Crippen molar-refractivity contribution in [3.05, 3.63) is 64.7 Å². The van der Waals surface area contributed by atoms with Crippen LogP contribution >= 0.6 is 11.3 Å². The van der Waals surface area contributed by atoms with Gasteiger partial charge in [-0.1, -0.05) is 35.9 Å². The van der Waals surface area contributed by atoms with Crippen LogP contribution in [-0.4, -0.2) is 43.6 Å². The van der Waals surface area contributed by atoms with Gasteiger partial charge in [-0.05, 0) is 31.0 Å². The van der Waals surface area contributed by atoms with Crippen LogP contribution in [0.2, 0.25) is 0 Å². The van der Waals surface area contributed by atoms with Crippen LogP contribution in [0.3, 0.4) is 0 Å². The molecule has 3 aromatic rings. The van der Waals surface area contributed by atoms with Crippen molar-refractivity contribution < 1.29 is 14.3 Å². The number of ether oxygens (including phenoxy) is 2. The summed E-state index contributed by atoms with van der Waals surface area (Å²) in [4.78, 5) is 18.9. The third kappa shape index (κ3) is 4.51. The largest absolute Gasteiger partial charge is 0.493 e. The Morgan fingerprint density at radius 3 is 2.46 bits per heavy atom. The van der Waals surface area contributed by atoms with Crippen molar-refractivity contribution in [1.29, 1.82) is 0 Å². The van der Waals surface area contributed by atoms with Gasteiger partial charge in [-0.15, -0.1) is 11.3 Å². The Morgan fingerprint density at radius 2 is 1.79 bits per heavy atom. The topological polar surface area (TPSA) is 51.7 Å². The van der Waals surface area contributed by atoms with Crippen molar-refractivity contribution in [3.63, 3.8) is 0 Å². The summed E-state index contributed by atoms with van der Waals surface area (Å²) in [6, 6.07) is 14.0. The van der Waals surface area contributed by atoms with Crippen molar-refractivity contribution in [2.45, 2.75) is 13.3 Å². The Balaban J connectivity index is 1.64. The van der Waals surface area contributed by atoms with Gasteiger partial charge >= 0.3 is 0 Å². The molecule has 1 aromatic heterocycles. The Morgan fingerprint density at radius 1 is 1.07 bits per heavy atom. The molecular formula is C22H24N2O3S. The van der Waals surface area contributed by atoms with E-state index in [1.165, 1.54) is 16.9 Å². The van der Waals surface area contributed by atoms with Gasteiger partial charge < -0.3 is 14.4 Å². The summed E-state index contributed by atoms with van der Waals surface area (Å²) < 4.78 is 10.6. The molecule has 0 aliphatic heterocycles. The van der Waals surface area contributed by atoms with Crippen molar-refractivity contribution in [3.8, 4) is 22.1 Å². The third-order valence-corrected chi connectivity index (χ3v) is 5.44. The molecule has 0 radical (unpaired) electrons. The van der Waals surface area contributed by atoms with E-state index >= 15 is 0 Å². The summed E-state index contributed by atoms with van der Waals surface area (Å²) in [6.45, 7) is 2.64. The SMILES string of the molecule is COc1ccc(CCN(C)C(=O)c2csc(-c3ccc(C)cc3)n2)cc1OC. The van der Waals surface area contributed by atoms with E-state index in [1.54, 1.807) is 26.2 Å². The lowest BCUT2D eigenvalue weighted by Gasteiger charge is -2.16. The number of carbonyl (C=O) groups is 1. The zero-order valence-corrected chi connectivity index (χ0v) is 17.4. The molecule has 0 fully saturated rings. The maximum absolute atomic E-state index is 12.7. The predicted molar refractivity (Wildman–Crippen MR) is 112 cm³/mol. The van der Waals surface area contributed by atoms with Crippen molar-refractivity contribution >= 4 is 17.2 Å². The van der Waals surface area contributed by atoms with Crippen molar-refractivity contribution in [1.82, 2.24) is 9.88 Å². The lowest BCUT2D eigenvalue weighted by Crippen LogP contribution is -2.29. The quantitative estimate of drug-likeness (QED) is 0.592. The standard InChI is InChI=1S/C22H24N2O3S/c1-15-5-8-17(9-6-15)21-23-18(14-28-21)22(25)24(2)12-11-16-7-10-19(26-3)20(13-16)27-4/h5-10,13-14H,11-12H2,1-4H3. The van der Waals surface area contributed by atoms with Gasteiger partial charge in [-0.2, -0.15) is 0 Å². The maximum atomic E-state index is 12.7. The first-order valence-corrected chi connectivity index (χ1v) is 9.88. The summed E-state index contributed by atoms with van der Waals surface area (Å²) in [5.74, 6) is 1.31. The average molecular weight is 397 g/mol. The number of likely N-dealkylation sites (N-methyl/N-ethyl adjacent to an activating group) is 1. The summed E-state index contributed by atoms with van der Waals surface area (Å²) in [6.07, 6.45) is 0.720. The first kappa shape index (κ1) is 19.9. The van der Waals surface area contributed by atoms with Gasteiger partial charge in [-0.3, -0.25) is 4.79 Å². The van der Waals surface area contributed by atoms with Gasteiger partial charge in [0.15, 0.2) is 11.5 Å². The lowest BCUT2D eigenvalue weighted by molar-refractivity contribution is 0.0791. The normalized spacial score (nSPS) is 10.6. The van der Waals surface area contributed by atoms with E-state index in [1.807, 2.05) is 54.8 Å². The number of thiazole rings is 1. The number of nitrogens with zero attached hydrogens (tertiary/aromatic N) is 2. The molecule has 3 rings (SSSR count). The first-order chi connectivity index (χ1) is 13.5. The fourth-order valence-corrected chi connectivity index (χ4v) is 3.63. The van der Waals surface area contributed by atoms with Crippen LogP contribution < -0.4 is 9.47 Å². The second-order valence-corrected chi connectivity index (χ2v) is 7.43. The summed E-state index contributed by atoms with van der Waals surface area (Å²) in [5, 5.41) is 2.68. The number of aryl methyl sites for hydroxylation is 1. The molecule has 0 saturated heterocycles. The zero-order chi connectivity index (χ0) is 20.1. The first-order valence-electron chi connectivity index (χ1n) is 9.00. The number of carbonyl (C=O) groups excluding carboxylic acids is 1. The molecule has 2 aromatic carbocycles. The molecule has 0 aliphatic rings. The number of amides is 1. The van der Waals surface area contributed by atoms with Gasteiger partial charge in [0, 0.05) is 24.5 Å². The molecule has 0 spiro atoms. The van der Waals surface area contributed by atoms with E-state index in [0.29, 0.717) is 23.7 Å². The molecule has 0 N–H and O–H groups in total. The highest BCUT2D eigenvalue weighted by atomic mass is 32.1. The van der Waals surface area contributed by atoms with Gasteiger partial charge in [0.05, 0.1) is 14.2 Å². The fourth-order valence-electron chi connectivity index (χ4n) is 2.83. The second kappa shape index (κ2) is 8.89. The average Bonchev–Trinajstić information content (AvgIpc) is 3.21. The van der Waals surface area contributed by atoms with Crippen LogP contribution in [0.5, 0.6) is 11.5 Å². The smallest absolute Gasteiger partial charge is 0.273 e. The number of rotatable bonds is 7. The molecule has 146 valence electrons. The Labute approximate surface area is 169 Å². The molecule has 0 atom stereocenters. The molecule has 0 bridgehead atoms. The van der Waals surface area contributed by atoms with Crippen LogP contribution in [0, 0.1) is 6.92 Å². The number of aromatic nitrogens is 1. The molecule has 1 heterocycles. The Hall–Kier alpha value is -2.86. The minimum absolute atomic E-state index is 0.0740. The van der Waals surface area contributed by atoms with Gasteiger partial charge in [0.25, 0.3) is 5.91 Å². The minimum atomic E-state index is -0.0740. The molecule has 0 unspecified atom stereocenters. The molecule has 0 saturated carbocycles.